The Morgan fingerprint density at radius 3 is 1.52 bits per heavy atom. The van der Waals surface area contributed by atoms with Crippen LogP contribution >= 0.6 is 0 Å². The first kappa shape index (κ1) is 19.6. The average Bonchev–Trinajstić information content (AvgIpc) is 3.06. The normalized spacial score (nSPS) is 12.6. The fraction of sp³-hybridized carbons (Fsp3) is 0.538. The molecule has 0 aliphatic carbocycles. The van der Waals surface area contributed by atoms with Gasteiger partial charge in [-0.25, -0.2) is 9.13 Å². The maximum Gasteiger partial charge on any atom is 0.265 e. The molecule has 0 aliphatic rings. The van der Waals surface area contributed by atoms with Crippen LogP contribution in [-0.2, 0) is 40.0 Å². The highest BCUT2D eigenvalue weighted by Crippen LogP contribution is 1.95. The second-order valence-corrected chi connectivity index (χ2v) is 8.90. The standard InChI is InChI=1S/C13H20N4O6S2/c18-24(19,20)9-1-3-14-5-7-16(11-14)13-17-8-6-15(12-17)4-2-10-25(21,22)23/h5-8,11-12H,1-4,9-10,13H2/p+2. The summed E-state index contributed by atoms with van der Waals surface area (Å²) in [6.07, 6.45) is 11.6. The van der Waals surface area contributed by atoms with Crippen LogP contribution in [0.15, 0.2) is 37.4 Å². The largest absolute Gasteiger partial charge is 0.286 e. The van der Waals surface area contributed by atoms with E-state index >= 15 is 0 Å². The Balaban J connectivity index is 1.82. The second kappa shape index (κ2) is 8.08. The molecule has 10 nitrogen and oxygen atoms in total. The number of aromatic nitrogens is 4. The van der Waals surface area contributed by atoms with Crippen LogP contribution in [0.4, 0.5) is 0 Å². The molecule has 2 heterocycles. The quantitative estimate of drug-likeness (QED) is 0.390. The first-order chi connectivity index (χ1) is 11.6. The van der Waals surface area contributed by atoms with Gasteiger partial charge in [0, 0.05) is 12.8 Å². The van der Waals surface area contributed by atoms with Crippen LogP contribution < -0.4 is 9.13 Å². The zero-order valence-electron chi connectivity index (χ0n) is 13.5. The van der Waals surface area contributed by atoms with Gasteiger partial charge in [0.1, 0.15) is 24.8 Å². The maximum atomic E-state index is 10.7. The zero-order valence-corrected chi connectivity index (χ0v) is 15.2. The molecule has 0 aliphatic heterocycles. The minimum Gasteiger partial charge on any atom is -0.286 e. The van der Waals surface area contributed by atoms with E-state index in [1.54, 1.807) is 0 Å². The van der Waals surface area contributed by atoms with Crippen molar-refractivity contribution in [2.45, 2.75) is 32.6 Å². The lowest BCUT2D eigenvalue weighted by Crippen LogP contribution is -2.49. The van der Waals surface area contributed by atoms with Crippen LogP contribution in [-0.4, -0.2) is 46.6 Å². The molecule has 0 atom stereocenters. The van der Waals surface area contributed by atoms with Gasteiger partial charge in [-0.15, -0.1) is 0 Å². The Labute approximate surface area is 146 Å². The summed E-state index contributed by atoms with van der Waals surface area (Å²) < 4.78 is 67.6. The van der Waals surface area contributed by atoms with Crippen molar-refractivity contribution in [1.29, 1.82) is 0 Å². The monoisotopic (exact) mass is 394 g/mol. The lowest BCUT2D eigenvalue weighted by Gasteiger charge is -1.96. The molecule has 0 fully saturated rings. The van der Waals surface area contributed by atoms with Gasteiger partial charge < -0.3 is 0 Å². The van der Waals surface area contributed by atoms with Gasteiger partial charge in [0.25, 0.3) is 20.2 Å². The van der Waals surface area contributed by atoms with Crippen LogP contribution in [0.1, 0.15) is 12.8 Å². The molecule has 0 amide bonds. The molecular weight excluding hydrogens is 372 g/mol. The van der Waals surface area contributed by atoms with Crippen molar-refractivity contribution in [3.05, 3.63) is 37.4 Å². The van der Waals surface area contributed by atoms with Gasteiger partial charge in [0.2, 0.25) is 19.3 Å². The smallest absolute Gasteiger partial charge is 0.265 e. The minimum atomic E-state index is -3.93. The third-order valence-electron chi connectivity index (χ3n) is 3.46. The third kappa shape index (κ3) is 7.77. The lowest BCUT2D eigenvalue weighted by atomic mass is 10.5. The van der Waals surface area contributed by atoms with E-state index in [9.17, 15) is 16.8 Å². The summed E-state index contributed by atoms with van der Waals surface area (Å²) in [5.41, 5.74) is 0. The van der Waals surface area contributed by atoms with E-state index in [0.29, 0.717) is 32.6 Å². The van der Waals surface area contributed by atoms with Crippen molar-refractivity contribution in [2.24, 2.45) is 0 Å². The average molecular weight is 394 g/mol. The molecule has 0 bridgehead atoms. The summed E-state index contributed by atoms with van der Waals surface area (Å²) in [5, 5.41) is 0. The van der Waals surface area contributed by atoms with Gasteiger partial charge in [-0.2, -0.15) is 26.0 Å². The van der Waals surface area contributed by atoms with E-state index in [-0.39, 0.29) is 11.5 Å². The zero-order chi connectivity index (χ0) is 18.5. The Morgan fingerprint density at radius 1 is 0.760 bits per heavy atom. The van der Waals surface area contributed by atoms with E-state index in [2.05, 4.69) is 0 Å². The van der Waals surface area contributed by atoms with Crippen molar-refractivity contribution < 1.29 is 35.1 Å². The van der Waals surface area contributed by atoms with Crippen LogP contribution in [0, 0.1) is 0 Å². The molecule has 0 radical (unpaired) electrons. The number of imidazole rings is 2. The molecule has 140 valence electrons. The molecule has 0 aromatic carbocycles. The van der Waals surface area contributed by atoms with E-state index in [1.807, 2.05) is 55.7 Å². The molecule has 2 N–H and O–H groups in total. The first-order valence-electron chi connectivity index (χ1n) is 7.61. The third-order valence-corrected chi connectivity index (χ3v) is 5.07. The van der Waals surface area contributed by atoms with Gasteiger partial charge in [-0.1, -0.05) is 0 Å². The molecule has 0 spiro atoms. The fourth-order valence-electron chi connectivity index (χ4n) is 2.36. The molecule has 0 unspecified atom stereocenters. The fourth-order valence-corrected chi connectivity index (χ4v) is 3.34. The van der Waals surface area contributed by atoms with Crippen LogP contribution in [0.25, 0.3) is 0 Å². The number of hydrogen-bond acceptors (Lipinski definition) is 4. The summed E-state index contributed by atoms with van der Waals surface area (Å²) in [6.45, 7) is 1.50. The number of hydrogen-bond donors (Lipinski definition) is 2. The summed E-state index contributed by atoms with van der Waals surface area (Å²) >= 11 is 0. The summed E-state index contributed by atoms with van der Waals surface area (Å²) in [4.78, 5) is 0. The first-order valence-corrected chi connectivity index (χ1v) is 10.8. The Morgan fingerprint density at radius 2 is 1.16 bits per heavy atom. The molecular formula is C13H22N4O6S2+2. The van der Waals surface area contributed by atoms with Crippen molar-refractivity contribution >= 4 is 20.2 Å². The van der Waals surface area contributed by atoms with Crippen LogP contribution in [0.3, 0.4) is 0 Å². The van der Waals surface area contributed by atoms with E-state index in [0.717, 1.165) is 0 Å². The maximum absolute atomic E-state index is 10.7. The molecule has 2 aromatic rings. The summed E-state index contributed by atoms with van der Waals surface area (Å²) in [5.74, 6) is -0.543. The highest BCUT2D eigenvalue weighted by Gasteiger charge is 2.11. The molecule has 25 heavy (non-hydrogen) atoms. The SMILES string of the molecule is O=S(=O)(O)CCCn1cc[n+](C[n+]2ccn(CCCS(=O)(=O)O)c2)c1. The van der Waals surface area contributed by atoms with E-state index in [4.69, 9.17) is 9.11 Å². The summed E-state index contributed by atoms with van der Waals surface area (Å²) in [6, 6.07) is 0. The van der Waals surface area contributed by atoms with Gasteiger partial charge >= 0.3 is 0 Å². The highest BCUT2D eigenvalue weighted by molar-refractivity contribution is 7.86. The van der Waals surface area contributed by atoms with Crippen LogP contribution in [0.2, 0.25) is 0 Å². The predicted molar refractivity (Wildman–Crippen MR) is 86.7 cm³/mol. The molecule has 0 saturated heterocycles. The molecule has 2 rings (SSSR count). The number of nitrogens with zero attached hydrogens (tertiary/aromatic N) is 4. The number of aryl methyl sites for hydroxylation is 2. The van der Waals surface area contributed by atoms with Crippen molar-refractivity contribution in [1.82, 2.24) is 9.13 Å². The Bertz CT molecular complexity index is 826. The molecule has 12 heteroatoms. The van der Waals surface area contributed by atoms with Gasteiger partial charge in [-0.3, -0.25) is 9.11 Å². The predicted octanol–water partition coefficient (Wildman–Crippen LogP) is -1.07. The van der Waals surface area contributed by atoms with Crippen molar-refractivity contribution in [3.8, 4) is 0 Å². The summed E-state index contributed by atoms with van der Waals surface area (Å²) in [7, 11) is -7.86. The highest BCUT2D eigenvalue weighted by atomic mass is 32.2. The van der Waals surface area contributed by atoms with E-state index < -0.39 is 20.2 Å². The molecule has 0 saturated carbocycles. The Kier molecular flexibility index (Phi) is 6.32. The van der Waals surface area contributed by atoms with Gasteiger partial charge in [-0.05, 0) is 0 Å². The van der Waals surface area contributed by atoms with Crippen molar-refractivity contribution in [2.75, 3.05) is 11.5 Å². The Hall–Kier alpha value is -1.76. The van der Waals surface area contributed by atoms with E-state index in [1.165, 1.54) is 0 Å². The minimum absolute atomic E-state index is 0.271. The topological polar surface area (TPSA) is 126 Å². The van der Waals surface area contributed by atoms with Crippen LogP contribution in [0.5, 0.6) is 0 Å². The lowest BCUT2D eigenvalue weighted by molar-refractivity contribution is -0.912. The molecule has 2 aromatic heterocycles. The second-order valence-electron chi connectivity index (χ2n) is 5.75. The van der Waals surface area contributed by atoms with Crippen molar-refractivity contribution in [3.63, 3.8) is 0 Å². The van der Waals surface area contributed by atoms with Gasteiger partial charge in [0.05, 0.1) is 24.6 Å². The van der Waals surface area contributed by atoms with Gasteiger partial charge in [0.15, 0.2) is 0 Å². The number of rotatable bonds is 10.